The topological polar surface area (TPSA) is 57.0 Å². The van der Waals surface area contributed by atoms with E-state index in [1.54, 1.807) is 7.11 Å². The molecule has 0 amide bonds. The van der Waals surface area contributed by atoms with Crippen molar-refractivity contribution in [2.75, 3.05) is 12.9 Å². The maximum Gasteiger partial charge on any atom is 0.118 e. The summed E-state index contributed by atoms with van der Waals surface area (Å²) in [5.74, 6) is 1.09. The molecule has 1 heterocycles. The van der Waals surface area contributed by atoms with Crippen molar-refractivity contribution in [3.63, 3.8) is 0 Å². The monoisotopic (exact) mass is 479 g/mol. The number of rotatable bonds is 7. The summed E-state index contributed by atoms with van der Waals surface area (Å²) >= 11 is 0. The number of nitrogens with zero attached hydrogens (tertiary/aromatic N) is 3. The molecular formula is C29H25N3O2S. The number of methoxy groups -OCH3 is 1. The Hall–Kier alpha value is -4.03. The Balaban J connectivity index is 1.78. The zero-order valence-corrected chi connectivity index (χ0v) is 20.4. The standard InChI is InChI=1S/C29H25N3O2S/c1-21-12-14-22(15-13-21)26(20-35(33)25-8-4-3-5-9-25)29(23-16-18-24(34-2)19-17-23)32-28-11-7-6-10-27(28)30-31-32/h3-19H,20H2,1-2H3/b29-26-. The largest absolute Gasteiger partial charge is 0.497 e. The average molecular weight is 480 g/mol. The maximum absolute atomic E-state index is 13.6. The summed E-state index contributed by atoms with van der Waals surface area (Å²) in [5.41, 5.74) is 6.53. The van der Waals surface area contributed by atoms with Crippen molar-refractivity contribution in [3.05, 3.63) is 120 Å². The van der Waals surface area contributed by atoms with Crippen molar-refractivity contribution in [1.82, 2.24) is 15.0 Å². The van der Waals surface area contributed by atoms with Gasteiger partial charge in [0, 0.05) is 10.5 Å². The van der Waals surface area contributed by atoms with Crippen LogP contribution in [0.4, 0.5) is 0 Å². The van der Waals surface area contributed by atoms with E-state index in [0.29, 0.717) is 5.75 Å². The molecule has 4 aromatic carbocycles. The number of para-hydroxylation sites is 1. The zero-order valence-electron chi connectivity index (χ0n) is 19.6. The van der Waals surface area contributed by atoms with Crippen LogP contribution in [0.2, 0.25) is 0 Å². The van der Waals surface area contributed by atoms with Crippen LogP contribution in [0.15, 0.2) is 108 Å². The highest BCUT2D eigenvalue weighted by Gasteiger charge is 2.20. The van der Waals surface area contributed by atoms with Crippen molar-refractivity contribution < 1.29 is 8.95 Å². The molecule has 1 unspecified atom stereocenters. The minimum Gasteiger partial charge on any atom is -0.497 e. The van der Waals surface area contributed by atoms with Gasteiger partial charge in [-0.15, -0.1) is 5.10 Å². The Morgan fingerprint density at radius 3 is 2.20 bits per heavy atom. The van der Waals surface area contributed by atoms with E-state index in [2.05, 4.69) is 41.5 Å². The molecule has 5 aromatic rings. The van der Waals surface area contributed by atoms with E-state index in [4.69, 9.17) is 4.74 Å². The molecule has 0 aliphatic rings. The molecule has 0 radical (unpaired) electrons. The Morgan fingerprint density at radius 1 is 0.829 bits per heavy atom. The Kier molecular flexibility index (Phi) is 6.55. The average Bonchev–Trinajstić information content (AvgIpc) is 3.33. The summed E-state index contributed by atoms with van der Waals surface area (Å²) in [6.45, 7) is 2.06. The lowest BCUT2D eigenvalue weighted by Crippen LogP contribution is -2.10. The lowest BCUT2D eigenvalue weighted by molar-refractivity contribution is 0.415. The molecule has 1 atom stereocenters. The van der Waals surface area contributed by atoms with E-state index < -0.39 is 10.8 Å². The lowest BCUT2D eigenvalue weighted by atomic mass is 9.99. The summed E-state index contributed by atoms with van der Waals surface area (Å²) in [6.07, 6.45) is 0. The first-order valence-corrected chi connectivity index (χ1v) is 12.6. The van der Waals surface area contributed by atoms with Gasteiger partial charge in [-0.05, 0) is 66.6 Å². The fraction of sp³-hybridized carbons (Fsp3) is 0.103. The van der Waals surface area contributed by atoms with Gasteiger partial charge < -0.3 is 4.74 Å². The molecule has 0 spiro atoms. The van der Waals surface area contributed by atoms with Gasteiger partial charge in [-0.2, -0.15) is 0 Å². The molecule has 0 bridgehead atoms. The van der Waals surface area contributed by atoms with Crippen molar-refractivity contribution in [1.29, 1.82) is 0 Å². The van der Waals surface area contributed by atoms with Crippen LogP contribution in [0, 0.1) is 6.92 Å². The highest BCUT2D eigenvalue weighted by molar-refractivity contribution is 7.85. The van der Waals surface area contributed by atoms with Crippen LogP contribution in [0.1, 0.15) is 16.7 Å². The third kappa shape index (κ3) is 4.79. The second kappa shape index (κ2) is 10.1. The molecule has 6 heteroatoms. The van der Waals surface area contributed by atoms with Crippen LogP contribution in [-0.2, 0) is 10.8 Å². The highest BCUT2D eigenvalue weighted by Crippen LogP contribution is 2.32. The van der Waals surface area contributed by atoms with Crippen LogP contribution >= 0.6 is 0 Å². The highest BCUT2D eigenvalue weighted by atomic mass is 32.2. The van der Waals surface area contributed by atoms with Crippen LogP contribution < -0.4 is 4.74 Å². The summed E-state index contributed by atoms with van der Waals surface area (Å²) < 4.78 is 20.8. The molecular weight excluding hydrogens is 454 g/mol. The minimum atomic E-state index is -1.26. The van der Waals surface area contributed by atoms with Gasteiger partial charge in [0.1, 0.15) is 11.3 Å². The quantitative estimate of drug-likeness (QED) is 0.270. The molecule has 0 N–H and O–H groups in total. The van der Waals surface area contributed by atoms with Gasteiger partial charge in [0.2, 0.25) is 0 Å². The van der Waals surface area contributed by atoms with E-state index in [1.165, 1.54) is 0 Å². The van der Waals surface area contributed by atoms with Gasteiger partial charge in [0.05, 0.1) is 34.9 Å². The first-order valence-electron chi connectivity index (χ1n) is 11.3. The number of aryl methyl sites for hydroxylation is 1. The predicted octanol–water partition coefficient (Wildman–Crippen LogP) is 5.97. The van der Waals surface area contributed by atoms with Crippen LogP contribution in [0.3, 0.4) is 0 Å². The van der Waals surface area contributed by atoms with Gasteiger partial charge >= 0.3 is 0 Å². The smallest absolute Gasteiger partial charge is 0.118 e. The molecule has 5 rings (SSSR count). The maximum atomic E-state index is 13.6. The van der Waals surface area contributed by atoms with Gasteiger partial charge in [-0.3, -0.25) is 4.21 Å². The summed E-state index contributed by atoms with van der Waals surface area (Å²) in [7, 11) is 0.391. The molecule has 5 nitrogen and oxygen atoms in total. The Morgan fingerprint density at radius 2 is 1.49 bits per heavy atom. The van der Waals surface area contributed by atoms with Gasteiger partial charge in [0.15, 0.2) is 0 Å². The first kappa shape index (κ1) is 22.7. The van der Waals surface area contributed by atoms with Gasteiger partial charge in [-0.25, -0.2) is 4.68 Å². The minimum absolute atomic E-state index is 0.322. The zero-order chi connectivity index (χ0) is 24.2. The van der Waals surface area contributed by atoms with E-state index in [1.807, 2.05) is 83.5 Å². The number of ether oxygens (including phenoxy) is 1. The van der Waals surface area contributed by atoms with E-state index >= 15 is 0 Å². The second-order valence-electron chi connectivity index (χ2n) is 8.21. The third-order valence-corrected chi connectivity index (χ3v) is 7.24. The van der Waals surface area contributed by atoms with E-state index in [9.17, 15) is 4.21 Å². The molecule has 0 saturated heterocycles. The summed E-state index contributed by atoms with van der Waals surface area (Å²) in [4.78, 5) is 0.787. The number of aromatic nitrogens is 3. The number of benzene rings is 4. The number of hydrogen-bond donors (Lipinski definition) is 0. The molecule has 35 heavy (non-hydrogen) atoms. The van der Waals surface area contributed by atoms with Crippen LogP contribution in [-0.4, -0.2) is 32.1 Å². The number of hydrogen-bond acceptors (Lipinski definition) is 4. The molecule has 0 aliphatic heterocycles. The predicted molar refractivity (Wildman–Crippen MR) is 142 cm³/mol. The van der Waals surface area contributed by atoms with Crippen molar-refractivity contribution in [2.45, 2.75) is 11.8 Å². The summed E-state index contributed by atoms with van der Waals surface area (Å²) in [5, 5.41) is 8.94. The van der Waals surface area contributed by atoms with E-state index in [-0.39, 0.29) is 0 Å². The Labute approximate surface area is 207 Å². The molecule has 0 aliphatic carbocycles. The number of fused-ring (bicyclic) bond motifs is 1. The first-order chi connectivity index (χ1) is 17.1. The molecule has 0 fully saturated rings. The van der Waals surface area contributed by atoms with Crippen molar-refractivity contribution >= 4 is 33.1 Å². The van der Waals surface area contributed by atoms with Crippen molar-refractivity contribution in [3.8, 4) is 5.75 Å². The van der Waals surface area contributed by atoms with Gasteiger partial charge in [0.25, 0.3) is 0 Å². The Bertz CT molecular complexity index is 1510. The van der Waals surface area contributed by atoms with Crippen molar-refractivity contribution in [2.24, 2.45) is 0 Å². The fourth-order valence-electron chi connectivity index (χ4n) is 4.04. The fourth-order valence-corrected chi connectivity index (χ4v) is 5.23. The molecule has 1 aromatic heterocycles. The third-order valence-electron chi connectivity index (χ3n) is 5.89. The van der Waals surface area contributed by atoms with Crippen LogP contribution in [0.5, 0.6) is 5.75 Å². The van der Waals surface area contributed by atoms with Gasteiger partial charge in [-0.1, -0.05) is 65.4 Å². The second-order valence-corrected chi connectivity index (χ2v) is 9.67. The van der Waals surface area contributed by atoms with Crippen LogP contribution in [0.25, 0.3) is 22.3 Å². The normalized spacial score (nSPS) is 12.9. The lowest BCUT2D eigenvalue weighted by Gasteiger charge is -2.18. The molecule has 0 saturated carbocycles. The summed E-state index contributed by atoms with van der Waals surface area (Å²) in [6, 6.07) is 33.6. The molecule has 174 valence electrons. The van der Waals surface area contributed by atoms with E-state index in [0.717, 1.165) is 49.6 Å². The SMILES string of the molecule is COc1ccc(/C(=C(\CS(=O)c2ccccc2)c2ccc(C)cc2)n2nnc3ccccc32)cc1.